The van der Waals surface area contributed by atoms with Gasteiger partial charge in [0.25, 0.3) is 0 Å². The van der Waals surface area contributed by atoms with E-state index in [4.69, 9.17) is 9.26 Å². The fourth-order valence-corrected chi connectivity index (χ4v) is 1.64. The maximum atomic E-state index is 5.30. The summed E-state index contributed by atoms with van der Waals surface area (Å²) in [5.74, 6) is 2.38. The molecule has 4 nitrogen and oxygen atoms in total. The Balaban J connectivity index is 2.04. The minimum Gasteiger partial charge on any atom is -0.497 e. The molecule has 96 valence electrons. The first-order valence-electron chi connectivity index (χ1n) is 6.18. The summed E-state index contributed by atoms with van der Waals surface area (Å²) in [5, 5.41) is 7.22. The zero-order valence-corrected chi connectivity index (χ0v) is 10.8. The maximum Gasteiger partial charge on any atom is 0.170 e. The lowest BCUT2D eigenvalue weighted by atomic mass is 10.1. The highest BCUT2D eigenvalue weighted by Crippen LogP contribution is 2.24. The van der Waals surface area contributed by atoms with Crippen LogP contribution in [0.5, 0.6) is 5.75 Å². The highest BCUT2D eigenvalue weighted by Gasteiger charge is 2.06. The van der Waals surface area contributed by atoms with Crippen LogP contribution in [0.4, 0.5) is 5.82 Å². The molecule has 0 aliphatic heterocycles. The van der Waals surface area contributed by atoms with Gasteiger partial charge in [0.15, 0.2) is 11.6 Å². The van der Waals surface area contributed by atoms with Crippen LogP contribution in [0.2, 0.25) is 0 Å². The van der Waals surface area contributed by atoms with Crippen LogP contribution in [0.15, 0.2) is 34.9 Å². The van der Waals surface area contributed by atoms with Crippen LogP contribution >= 0.6 is 0 Å². The van der Waals surface area contributed by atoms with Crippen molar-refractivity contribution in [2.45, 2.75) is 19.8 Å². The fourth-order valence-electron chi connectivity index (χ4n) is 1.64. The predicted molar refractivity (Wildman–Crippen MR) is 71.9 cm³/mol. The SMILES string of the molecule is CCCCNc1cc(-c2ccc(OC)cc2)on1. The number of hydrogen-bond donors (Lipinski definition) is 1. The van der Waals surface area contributed by atoms with Crippen molar-refractivity contribution < 1.29 is 9.26 Å². The van der Waals surface area contributed by atoms with Crippen molar-refractivity contribution in [3.8, 4) is 17.1 Å². The molecule has 2 aromatic rings. The number of hydrogen-bond acceptors (Lipinski definition) is 4. The Bertz CT molecular complexity index is 477. The van der Waals surface area contributed by atoms with E-state index < -0.39 is 0 Å². The Morgan fingerprint density at radius 2 is 2.06 bits per heavy atom. The summed E-state index contributed by atoms with van der Waals surface area (Å²) in [6.07, 6.45) is 2.29. The second-order valence-electron chi connectivity index (χ2n) is 4.09. The van der Waals surface area contributed by atoms with Crippen LogP contribution < -0.4 is 10.1 Å². The lowest BCUT2D eigenvalue weighted by Gasteiger charge is -1.99. The highest BCUT2D eigenvalue weighted by molar-refractivity contribution is 5.61. The quantitative estimate of drug-likeness (QED) is 0.792. The molecule has 0 bridgehead atoms. The second-order valence-corrected chi connectivity index (χ2v) is 4.09. The first kappa shape index (κ1) is 12.5. The molecule has 1 aromatic heterocycles. The number of methoxy groups -OCH3 is 1. The summed E-state index contributed by atoms with van der Waals surface area (Å²) in [7, 11) is 1.65. The van der Waals surface area contributed by atoms with E-state index in [9.17, 15) is 0 Å². The van der Waals surface area contributed by atoms with Crippen molar-refractivity contribution in [2.75, 3.05) is 19.0 Å². The molecule has 0 saturated heterocycles. The first-order chi connectivity index (χ1) is 8.83. The second kappa shape index (κ2) is 6.10. The molecule has 0 unspecified atom stereocenters. The van der Waals surface area contributed by atoms with Crippen molar-refractivity contribution in [1.82, 2.24) is 5.16 Å². The molecule has 1 N–H and O–H groups in total. The van der Waals surface area contributed by atoms with Crippen molar-refractivity contribution in [2.24, 2.45) is 0 Å². The molecule has 0 atom stereocenters. The number of ether oxygens (including phenoxy) is 1. The molecule has 1 aromatic carbocycles. The van der Waals surface area contributed by atoms with Gasteiger partial charge >= 0.3 is 0 Å². The van der Waals surface area contributed by atoms with Gasteiger partial charge in [0.1, 0.15) is 5.75 Å². The van der Waals surface area contributed by atoms with E-state index in [-0.39, 0.29) is 0 Å². The lowest BCUT2D eigenvalue weighted by molar-refractivity contribution is 0.414. The minimum atomic E-state index is 0.761. The first-order valence-corrected chi connectivity index (χ1v) is 6.18. The number of anilines is 1. The van der Waals surface area contributed by atoms with Crippen LogP contribution in [-0.2, 0) is 0 Å². The topological polar surface area (TPSA) is 47.3 Å². The van der Waals surface area contributed by atoms with Gasteiger partial charge in [-0.2, -0.15) is 0 Å². The summed E-state index contributed by atoms with van der Waals surface area (Å²) < 4.78 is 10.4. The summed E-state index contributed by atoms with van der Waals surface area (Å²) in [6.45, 7) is 3.08. The summed E-state index contributed by atoms with van der Waals surface area (Å²) in [4.78, 5) is 0. The Labute approximate surface area is 107 Å². The Kier molecular flexibility index (Phi) is 4.23. The molecular weight excluding hydrogens is 228 g/mol. The van der Waals surface area contributed by atoms with Crippen molar-refractivity contribution in [3.05, 3.63) is 30.3 Å². The van der Waals surface area contributed by atoms with E-state index in [1.54, 1.807) is 7.11 Å². The summed E-state index contributed by atoms with van der Waals surface area (Å²) in [6, 6.07) is 9.63. The minimum absolute atomic E-state index is 0.761. The van der Waals surface area contributed by atoms with Gasteiger partial charge in [-0.05, 0) is 30.7 Å². The smallest absolute Gasteiger partial charge is 0.170 e. The average Bonchev–Trinajstić information content (AvgIpc) is 2.88. The van der Waals surface area contributed by atoms with E-state index in [1.165, 1.54) is 0 Å². The van der Waals surface area contributed by atoms with E-state index in [0.29, 0.717) is 0 Å². The van der Waals surface area contributed by atoms with Crippen LogP contribution in [0.1, 0.15) is 19.8 Å². The van der Waals surface area contributed by atoms with Crippen molar-refractivity contribution in [1.29, 1.82) is 0 Å². The van der Waals surface area contributed by atoms with Gasteiger partial charge in [-0.15, -0.1) is 0 Å². The largest absolute Gasteiger partial charge is 0.497 e. The molecule has 0 aliphatic carbocycles. The number of benzene rings is 1. The van der Waals surface area contributed by atoms with Crippen molar-refractivity contribution >= 4 is 5.82 Å². The van der Waals surface area contributed by atoms with E-state index in [0.717, 1.165) is 42.3 Å². The number of nitrogens with zero attached hydrogens (tertiary/aromatic N) is 1. The lowest BCUT2D eigenvalue weighted by Crippen LogP contribution is -2.00. The Morgan fingerprint density at radius 3 is 2.72 bits per heavy atom. The average molecular weight is 246 g/mol. The van der Waals surface area contributed by atoms with Gasteiger partial charge in [-0.3, -0.25) is 0 Å². The van der Waals surface area contributed by atoms with Gasteiger partial charge in [0.05, 0.1) is 7.11 Å². The zero-order valence-electron chi connectivity index (χ0n) is 10.8. The molecule has 0 amide bonds. The molecule has 0 spiro atoms. The summed E-state index contributed by atoms with van der Waals surface area (Å²) in [5.41, 5.74) is 0.992. The van der Waals surface area contributed by atoms with E-state index in [2.05, 4.69) is 17.4 Å². The Morgan fingerprint density at radius 1 is 1.28 bits per heavy atom. The molecule has 0 radical (unpaired) electrons. The zero-order chi connectivity index (χ0) is 12.8. The van der Waals surface area contributed by atoms with Crippen LogP contribution in [0, 0.1) is 0 Å². The third kappa shape index (κ3) is 3.03. The summed E-state index contributed by atoms with van der Waals surface area (Å²) >= 11 is 0. The molecule has 4 heteroatoms. The van der Waals surface area contributed by atoms with Gasteiger partial charge < -0.3 is 14.6 Å². The number of aromatic nitrogens is 1. The Hall–Kier alpha value is -1.97. The van der Waals surface area contributed by atoms with Crippen LogP contribution in [-0.4, -0.2) is 18.8 Å². The monoisotopic (exact) mass is 246 g/mol. The third-order valence-corrected chi connectivity index (χ3v) is 2.72. The van der Waals surface area contributed by atoms with Crippen molar-refractivity contribution in [3.63, 3.8) is 0 Å². The molecule has 18 heavy (non-hydrogen) atoms. The predicted octanol–water partition coefficient (Wildman–Crippen LogP) is 3.56. The fraction of sp³-hybridized carbons (Fsp3) is 0.357. The molecule has 0 fully saturated rings. The molecular formula is C14H18N2O2. The standard InChI is InChI=1S/C14H18N2O2/c1-3-4-9-15-14-10-13(18-16-14)11-5-7-12(17-2)8-6-11/h5-8,10H,3-4,9H2,1-2H3,(H,15,16). The van der Waals surface area contributed by atoms with Gasteiger partial charge in [0.2, 0.25) is 0 Å². The van der Waals surface area contributed by atoms with Crippen LogP contribution in [0.25, 0.3) is 11.3 Å². The molecule has 1 heterocycles. The number of unbranched alkanes of at least 4 members (excludes halogenated alkanes) is 1. The molecule has 0 aliphatic rings. The maximum absolute atomic E-state index is 5.30. The highest BCUT2D eigenvalue weighted by atomic mass is 16.5. The van der Waals surface area contributed by atoms with E-state index >= 15 is 0 Å². The molecule has 0 saturated carbocycles. The van der Waals surface area contributed by atoms with Gasteiger partial charge in [-0.1, -0.05) is 18.5 Å². The van der Waals surface area contributed by atoms with Gasteiger partial charge in [0, 0.05) is 18.2 Å². The van der Waals surface area contributed by atoms with Crippen LogP contribution in [0.3, 0.4) is 0 Å². The molecule has 2 rings (SSSR count). The normalized spacial score (nSPS) is 10.3. The van der Waals surface area contributed by atoms with E-state index in [1.807, 2.05) is 30.3 Å². The number of rotatable bonds is 6. The number of nitrogens with one attached hydrogen (secondary N) is 1. The van der Waals surface area contributed by atoms with Gasteiger partial charge in [-0.25, -0.2) is 0 Å². The third-order valence-electron chi connectivity index (χ3n) is 2.72.